The van der Waals surface area contributed by atoms with Crippen LogP contribution in [0.5, 0.6) is 0 Å². The van der Waals surface area contributed by atoms with Gasteiger partial charge < -0.3 is 0 Å². The van der Waals surface area contributed by atoms with Crippen LogP contribution in [0.3, 0.4) is 0 Å². The van der Waals surface area contributed by atoms with Gasteiger partial charge in [-0.25, -0.2) is 8.42 Å². The summed E-state index contributed by atoms with van der Waals surface area (Å²) in [7, 11) is -2.98. The maximum atomic E-state index is 11.5. The monoisotopic (exact) mass is 209 g/mol. The van der Waals surface area contributed by atoms with Crippen LogP contribution in [-0.2, 0) is 10.0 Å². The zero-order valence-electron chi connectivity index (χ0n) is 7.65. The molecule has 5 heteroatoms. The molecule has 1 atom stereocenters. The van der Waals surface area contributed by atoms with Gasteiger partial charge in [0.05, 0.1) is 0 Å². The van der Waals surface area contributed by atoms with Gasteiger partial charge in [0, 0.05) is 17.8 Å². The lowest BCUT2D eigenvalue weighted by Crippen LogP contribution is -2.48. The number of nitrogens with zero attached hydrogens (tertiary/aromatic N) is 1. The molecule has 0 aromatic heterocycles. The van der Waals surface area contributed by atoms with Gasteiger partial charge in [-0.15, -0.1) is 11.8 Å². The fourth-order valence-corrected chi connectivity index (χ4v) is 5.14. The Morgan fingerprint density at radius 2 is 2.08 bits per heavy atom. The highest BCUT2D eigenvalue weighted by Gasteiger charge is 2.33. The summed E-state index contributed by atoms with van der Waals surface area (Å²) in [6.45, 7) is 5.80. The Bertz CT molecular complexity index is 248. The molecule has 0 aliphatic carbocycles. The maximum Gasteiger partial charge on any atom is 0.223 e. The Hall–Kier alpha value is 0.260. The van der Waals surface area contributed by atoms with Gasteiger partial charge in [0.25, 0.3) is 0 Å². The number of hydrogen-bond acceptors (Lipinski definition) is 3. The SMILES string of the molecule is CC(C)N1C(C)CSCS1(=O)=O. The largest absolute Gasteiger partial charge is 0.223 e. The molecule has 0 spiro atoms. The van der Waals surface area contributed by atoms with Crippen LogP contribution < -0.4 is 0 Å². The van der Waals surface area contributed by atoms with E-state index in [1.54, 1.807) is 4.31 Å². The van der Waals surface area contributed by atoms with Gasteiger partial charge in [0.15, 0.2) is 0 Å². The normalized spacial score (nSPS) is 30.8. The molecule has 1 aliphatic heterocycles. The quantitative estimate of drug-likeness (QED) is 0.649. The van der Waals surface area contributed by atoms with Crippen LogP contribution in [0.2, 0.25) is 0 Å². The Morgan fingerprint density at radius 3 is 2.42 bits per heavy atom. The molecule has 1 unspecified atom stereocenters. The van der Waals surface area contributed by atoms with E-state index in [1.807, 2.05) is 20.8 Å². The molecule has 0 N–H and O–H groups in total. The second-order valence-electron chi connectivity index (χ2n) is 3.37. The van der Waals surface area contributed by atoms with Gasteiger partial charge in [-0.2, -0.15) is 4.31 Å². The van der Waals surface area contributed by atoms with E-state index in [-0.39, 0.29) is 17.2 Å². The topological polar surface area (TPSA) is 37.4 Å². The van der Waals surface area contributed by atoms with Crippen molar-refractivity contribution in [3.63, 3.8) is 0 Å². The van der Waals surface area contributed by atoms with Crippen LogP contribution >= 0.6 is 11.8 Å². The van der Waals surface area contributed by atoms with E-state index in [1.165, 1.54) is 11.8 Å². The molecule has 1 heterocycles. The summed E-state index contributed by atoms with van der Waals surface area (Å²) in [4.78, 5) is 0. The van der Waals surface area contributed by atoms with Crippen molar-refractivity contribution in [2.45, 2.75) is 32.9 Å². The smallest absolute Gasteiger partial charge is 0.211 e. The van der Waals surface area contributed by atoms with Crippen molar-refractivity contribution in [3.8, 4) is 0 Å². The predicted molar refractivity (Wildman–Crippen MR) is 52.7 cm³/mol. The molecule has 0 amide bonds. The summed E-state index contributed by atoms with van der Waals surface area (Å²) in [5.41, 5.74) is 0. The van der Waals surface area contributed by atoms with Gasteiger partial charge in [0.1, 0.15) is 5.08 Å². The second-order valence-corrected chi connectivity index (χ2v) is 6.64. The molecule has 1 saturated heterocycles. The van der Waals surface area contributed by atoms with E-state index in [0.717, 1.165) is 5.75 Å². The van der Waals surface area contributed by atoms with Crippen LogP contribution in [0.1, 0.15) is 20.8 Å². The third-order valence-electron chi connectivity index (χ3n) is 1.86. The first-order valence-corrected chi connectivity index (χ1v) is 6.80. The maximum absolute atomic E-state index is 11.5. The molecule has 72 valence electrons. The minimum Gasteiger partial charge on any atom is -0.211 e. The highest BCUT2D eigenvalue weighted by atomic mass is 32.3. The van der Waals surface area contributed by atoms with Crippen LogP contribution in [0.4, 0.5) is 0 Å². The van der Waals surface area contributed by atoms with E-state index in [4.69, 9.17) is 0 Å². The Labute approximate surface area is 78.6 Å². The number of hydrogen-bond donors (Lipinski definition) is 0. The Morgan fingerprint density at radius 1 is 1.50 bits per heavy atom. The average Bonchev–Trinajstić information content (AvgIpc) is 1.82. The molecule has 3 nitrogen and oxygen atoms in total. The first kappa shape index (κ1) is 10.3. The van der Waals surface area contributed by atoms with Crippen LogP contribution in [0.25, 0.3) is 0 Å². The zero-order valence-corrected chi connectivity index (χ0v) is 9.28. The first-order chi connectivity index (χ1) is 5.45. The molecule has 1 fully saturated rings. The van der Waals surface area contributed by atoms with E-state index in [0.29, 0.717) is 0 Å². The summed E-state index contributed by atoms with van der Waals surface area (Å²) in [5.74, 6) is 0.914. The third kappa shape index (κ3) is 1.95. The molecule has 12 heavy (non-hydrogen) atoms. The average molecular weight is 209 g/mol. The predicted octanol–water partition coefficient (Wildman–Crippen LogP) is 1.12. The minimum atomic E-state index is -2.98. The zero-order chi connectivity index (χ0) is 9.35. The Kier molecular flexibility index (Phi) is 3.06. The lowest BCUT2D eigenvalue weighted by molar-refractivity contribution is 0.305. The molecule has 0 aromatic rings. The summed E-state index contributed by atoms with van der Waals surface area (Å²) in [6, 6.07) is 0.236. The van der Waals surface area contributed by atoms with E-state index in [2.05, 4.69) is 0 Å². The van der Waals surface area contributed by atoms with Crippen LogP contribution in [-0.4, -0.2) is 35.6 Å². The molecule has 0 radical (unpaired) electrons. The summed E-state index contributed by atoms with van der Waals surface area (Å²) < 4.78 is 24.7. The van der Waals surface area contributed by atoms with E-state index >= 15 is 0 Å². The van der Waals surface area contributed by atoms with Crippen molar-refractivity contribution in [2.75, 3.05) is 10.8 Å². The number of sulfonamides is 1. The van der Waals surface area contributed by atoms with Gasteiger partial charge in [0.2, 0.25) is 10.0 Å². The fraction of sp³-hybridized carbons (Fsp3) is 1.00. The molecule has 1 rings (SSSR count). The molecular weight excluding hydrogens is 194 g/mol. The van der Waals surface area contributed by atoms with Crippen molar-refractivity contribution >= 4 is 21.8 Å². The standard InChI is InChI=1S/C7H15NO2S2/c1-6(2)8-7(3)4-11-5-12(8,9)10/h6-7H,4-5H2,1-3H3. The highest BCUT2D eigenvalue weighted by Crippen LogP contribution is 2.24. The molecule has 1 aliphatic rings. The molecule has 0 aromatic carbocycles. The molecule has 0 saturated carbocycles. The lowest BCUT2D eigenvalue weighted by atomic mass is 10.3. The van der Waals surface area contributed by atoms with E-state index in [9.17, 15) is 8.42 Å². The molecular formula is C7H15NO2S2. The van der Waals surface area contributed by atoms with Crippen molar-refractivity contribution in [1.82, 2.24) is 4.31 Å². The highest BCUT2D eigenvalue weighted by molar-refractivity contribution is 8.12. The van der Waals surface area contributed by atoms with Gasteiger partial charge in [-0.3, -0.25) is 0 Å². The van der Waals surface area contributed by atoms with Gasteiger partial charge >= 0.3 is 0 Å². The second kappa shape index (κ2) is 3.55. The van der Waals surface area contributed by atoms with Crippen molar-refractivity contribution in [1.29, 1.82) is 0 Å². The minimum absolute atomic E-state index is 0.0888. The van der Waals surface area contributed by atoms with Crippen LogP contribution in [0, 0.1) is 0 Å². The first-order valence-electron chi connectivity index (χ1n) is 4.04. The number of thioether (sulfide) groups is 1. The molecule has 0 bridgehead atoms. The van der Waals surface area contributed by atoms with Crippen LogP contribution in [0.15, 0.2) is 0 Å². The number of rotatable bonds is 1. The Balaban J connectivity index is 2.89. The fourth-order valence-electron chi connectivity index (χ4n) is 1.56. The summed E-state index contributed by atoms with van der Waals surface area (Å²) >= 11 is 1.50. The van der Waals surface area contributed by atoms with Crippen molar-refractivity contribution < 1.29 is 8.42 Å². The third-order valence-corrected chi connectivity index (χ3v) is 5.86. The lowest BCUT2D eigenvalue weighted by Gasteiger charge is -2.34. The van der Waals surface area contributed by atoms with Gasteiger partial charge in [-0.05, 0) is 20.8 Å². The summed E-state index contributed by atoms with van der Waals surface area (Å²) in [5, 5.41) is 0.246. The van der Waals surface area contributed by atoms with Crippen molar-refractivity contribution in [2.24, 2.45) is 0 Å². The van der Waals surface area contributed by atoms with Crippen molar-refractivity contribution in [3.05, 3.63) is 0 Å². The summed E-state index contributed by atoms with van der Waals surface area (Å²) in [6.07, 6.45) is 0. The van der Waals surface area contributed by atoms with Gasteiger partial charge in [-0.1, -0.05) is 0 Å². The van der Waals surface area contributed by atoms with E-state index < -0.39 is 10.0 Å².